The number of carbonyl (C=O) groups is 2. The lowest BCUT2D eigenvalue weighted by Gasteiger charge is -2.09. The van der Waals surface area contributed by atoms with E-state index in [1.165, 1.54) is 23.9 Å². The Labute approximate surface area is 215 Å². The van der Waals surface area contributed by atoms with Crippen LogP contribution in [0.5, 0.6) is 5.75 Å². The number of para-hydroxylation sites is 1. The van der Waals surface area contributed by atoms with Gasteiger partial charge < -0.3 is 19.9 Å². The highest BCUT2D eigenvalue weighted by molar-refractivity contribution is 8.00. The number of alkyl halides is 3. The number of carbonyl (C=O) groups excluding carboxylic acids is 2. The van der Waals surface area contributed by atoms with Gasteiger partial charge in [-0.25, -0.2) is 0 Å². The molecule has 10 heteroatoms. The van der Waals surface area contributed by atoms with Crippen LogP contribution in [0.2, 0.25) is 0 Å². The number of methoxy groups -OCH3 is 1. The average Bonchev–Trinajstić information content (AvgIpc) is 3.25. The number of rotatable bonds is 9. The van der Waals surface area contributed by atoms with Gasteiger partial charge >= 0.3 is 6.18 Å². The summed E-state index contributed by atoms with van der Waals surface area (Å²) >= 11 is 1.29. The molecule has 1 heterocycles. The van der Waals surface area contributed by atoms with Crippen LogP contribution in [0.1, 0.15) is 15.9 Å². The summed E-state index contributed by atoms with van der Waals surface area (Å²) < 4.78 is 45.9. The molecule has 0 radical (unpaired) electrons. The Hall–Kier alpha value is -3.92. The Kier molecular flexibility index (Phi) is 8.08. The van der Waals surface area contributed by atoms with Crippen LogP contribution in [0.4, 0.5) is 18.9 Å². The summed E-state index contributed by atoms with van der Waals surface area (Å²) in [7, 11) is 1.56. The minimum atomic E-state index is -4.48. The molecule has 1 aromatic heterocycles. The molecule has 0 saturated heterocycles. The van der Waals surface area contributed by atoms with Crippen LogP contribution >= 0.6 is 11.8 Å². The quantitative estimate of drug-likeness (QED) is 0.269. The maximum Gasteiger partial charge on any atom is 0.416 e. The molecule has 4 aromatic rings. The van der Waals surface area contributed by atoms with Crippen molar-refractivity contribution in [3.05, 3.63) is 90.1 Å². The molecule has 0 bridgehead atoms. The Morgan fingerprint density at radius 1 is 1.00 bits per heavy atom. The van der Waals surface area contributed by atoms with Crippen LogP contribution in [0.15, 0.2) is 83.9 Å². The monoisotopic (exact) mass is 527 g/mol. The first-order valence-corrected chi connectivity index (χ1v) is 12.3. The van der Waals surface area contributed by atoms with E-state index in [-0.39, 0.29) is 17.3 Å². The van der Waals surface area contributed by atoms with E-state index in [9.17, 15) is 22.8 Å². The number of nitrogens with one attached hydrogen (secondary N) is 2. The molecular weight excluding hydrogens is 503 g/mol. The van der Waals surface area contributed by atoms with Crippen molar-refractivity contribution in [2.45, 2.75) is 17.6 Å². The summed E-state index contributed by atoms with van der Waals surface area (Å²) in [6, 6.07) is 19.1. The lowest BCUT2D eigenvalue weighted by Crippen LogP contribution is -2.27. The summed E-state index contributed by atoms with van der Waals surface area (Å²) in [4.78, 5) is 25.7. The van der Waals surface area contributed by atoms with Crippen molar-refractivity contribution >= 4 is 40.2 Å². The molecule has 4 rings (SSSR count). The topological polar surface area (TPSA) is 72.4 Å². The number of aromatic nitrogens is 1. The second kappa shape index (κ2) is 11.4. The molecule has 0 aliphatic heterocycles. The van der Waals surface area contributed by atoms with Gasteiger partial charge in [-0.1, -0.05) is 24.3 Å². The van der Waals surface area contributed by atoms with Gasteiger partial charge in [0.1, 0.15) is 5.75 Å². The maximum absolute atomic E-state index is 12.9. The highest BCUT2D eigenvalue weighted by Crippen LogP contribution is 2.32. The summed E-state index contributed by atoms with van der Waals surface area (Å²) in [5.41, 5.74) is 0.749. The third-order valence-corrected chi connectivity index (χ3v) is 6.62. The molecule has 3 aromatic carbocycles. The second-order valence-electron chi connectivity index (χ2n) is 8.10. The highest BCUT2D eigenvalue weighted by atomic mass is 32.2. The number of anilines is 1. The first-order chi connectivity index (χ1) is 17.7. The molecule has 2 amide bonds. The predicted molar refractivity (Wildman–Crippen MR) is 138 cm³/mol. The van der Waals surface area contributed by atoms with Crippen molar-refractivity contribution in [2.75, 3.05) is 24.7 Å². The Balaban J connectivity index is 1.37. The van der Waals surface area contributed by atoms with Crippen LogP contribution in [0, 0.1) is 0 Å². The highest BCUT2D eigenvalue weighted by Gasteiger charge is 2.30. The van der Waals surface area contributed by atoms with Gasteiger partial charge in [0.2, 0.25) is 5.91 Å². The summed E-state index contributed by atoms with van der Waals surface area (Å²) in [5, 5.41) is 6.37. The van der Waals surface area contributed by atoms with Crippen molar-refractivity contribution in [1.82, 2.24) is 9.88 Å². The van der Waals surface area contributed by atoms with Gasteiger partial charge in [0, 0.05) is 46.3 Å². The standard InChI is InChI=1S/C27H24F3N3O3S/c1-36-21-11-9-18(10-12-21)26(35)31-13-14-33-16-24(22-7-2-3-8-23(22)33)37-17-25(34)32-20-6-4-5-19(15-20)27(28,29)30/h2-12,15-16H,13-14,17H2,1H3,(H,31,35)(H,32,34). The van der Waals surface area contributed by atoms with E-state index in [0.717, 1.165) is 27.9 Å². The van der Waals surface area contributed by atoms with E-state index >= 15 is 0 Å². The second-order valence-corrected chi connectivity index (χ2v) is 9.12. The van der Waals surface area contributed by atoms with Crippen LogP contribution in [0.3, 0.4) is 0 Å². The fourth-order valence-corrected chi connectivity index (χ4v) is 4.65. The number of thioether (sulfide) groups is 1. The molecule has 6 nitrogen and oxygen atoms in total. The van der Waals surface area contributed by atoms with Crippen molar-refractivity contribution < 1.29 is 27.5 Å². The largest absolute Gasteiger partial charge is 0.497 e. The van der Waals surface area contributed by atoms with Gasteiger partial charge in [-0.3, -0.25) is 9.59 Å². The van der Waals surface area contributed by atoms with Gasteiger partial charge in [0.15, 0.2) is 0 Å². The Morgan fingerprint density at radius 2 is 1.76 bits per heavy atom. The number of benzene rings is 3. The van der Waals surface area contributed by atoms with E-state index in [1.54, 1.807) is 31.4 Å². The number of hydrogen-bond acceptors (Lipinski definition) is 4. The average molecular weight is 528 g/mol. The smallest absolute Gasteiger partial charge is 0.416 e. The lowest BCUT2D eigenvalue weighted by molar-refractivity contribution is -0.137. The molecule has 37 heavy (non-hydrogen) atoms. The number of hydrogen-bond donors (Lipinski definition) is 2. The number of halogens is 3. The van der Waals surface area contributed by atoms with E-state index in [4.69, 9.17) is 4.74 Å². The normalized spacial score (nSPS) is 11.4. The molecule has 192 valence electrons. The Morgan fingerprint density at radius 3 is 2.49 bits per heavy atom. The molecule has 0 atom stereocenters. The van der Waals surface area contributed by atoms with Crippen molar-refractivity contribution in [1.29, 1.82) is 0 Å². The zero-order valence-corrected chi connectivity index (χ0v) is 20.7. The molecule has 0 aliphatic rings. The number of ether oxygens (including phenoxy) is 1. The molecule has 0 saturated carbocycles. The number of nitrogens with zero attached hydrogens (tertiary/aromatic N) is 1. The van der Waals surface area contributed by atoms with Crippen molar-refractivity contribution in [3.63, 3.8) is 0 Å². The van der Waals surface area contributed by atoms with E-state index in [1.807, 2.05) is 35.0 Å². The van der Waals surface area contributed by atoms with E-state index < -0.39 is 17.6 Å². The third kappa shape index (κ3) is 6.65. The molecule has 0 aliphatic carbocycles. The fourth-order valence-electron chi connectivity index (χ4n) is 3.76. The van der Waals surface area contributed by atoms with Crippen LogP contribution in [-0.4, -0.2) is 35.8 Å². The first kappa shape index (κ1) is 26.2. The SMILES string of the molecule is COc1ccc(C(=O)NCCn2cc(SCC(=O)Nc3cccc(C(F)(F)F)c3)c3ccccc32)cc1. The van der Waals surface area contributed by atoms with Gasteiger partial charge in [-0.05, 0) is 48.5 Å². The van der Waals surface area contributed by atoms with Crippen molar-refractivity contribution in [2.24, 2.45) is 0 Å². The predicted octanol–water partition coefficient (Wildman–Crippen LogP) is 5.83. The number of amides is 2. The summed E-state index contributed by atoms with van der Waals surface area (Å²) in [5.74, 6) is 0.0927. The Bertz CT molecular complexity index is 1400. The lowest BCUT2D eigenvalue weighted by atomic mass is 10.2. The molecular formula is C27H24F3N3O3S. The van der Waals surface area contributed by atoms with E-state index in [0.29, 0.717) is 24.4 Å². The van der Waals surface area contributed by atoms with Crippen LogP contribution < -0.4 is 15.4 Å². The summed E-state index contributed by atoms with van der Waals surface area (Å²) in [6.45, 7) is 0.906. The van der Waals surface area contributed by atoms with Crippen molar-refractivity contribution in [3.8, 4) is 5.75 Å². The minimum absolute atomic E-state index is 0.0262. The van der Waals surface area contributed by atoms with Crippen LogP contribution in [-0.2, 0) is 17.5 Å². The van der Waals surface area contributed by atoms with Crippen LogP contribution in [0.25, 0.3) is 10.9 Å². The molecule has 0 spiro atoms. The number of fused-ring (bicyclic) bond motifs is 1. The fraction of sp³-hybridized carbons (Fsp3) is 0.185. The van der Waals surface area contributed by atoms with Gasteiger partial charge in [0.25, 0.3) is 5.91 Å². The zero-order chi connectivity index (χ0) is 26.4. The van der Waals surface area contributed by atoms with E-state index in [2.05, 4.69) is 10.6 Å². The maximum atomic E-state index is 12.9. The zero-order valence-electron chi connectivity index (χ0n) is 19.8. The van der Waals surface area contributed by atoms with Gasteiger partial charge in [0.05, 0.1) is 18.4 Å². The third-order valence-electron chi connectivity index (χ3n) is 5.57. The van der Waals surface area contributed by atoms with Gasteiger partial charge in [-0.15, -0.1) is 11.8 Å². The first-order valence-electron chi connectivity index (χ1n) is 11.3. The minimum Gasteiger partial charge on any atom is -0.497 e. The molecule has 0 unspecified atom stereocenters. The van der Waals surface area contributed by atoms with Gasteiger partial charge in [-0.2, -0.15) is 13.2 Å². The summed E-state index contributed by atoms with van der Waals surface area (Å²) in [6.07, 6.45) is -2.57. The molecule has 2 N–H and O–H groups in total. The molecule has 0 fully saturated rings.